The molecule has 0 fully saturated rings. The van der Waals surface area contributed by atoms with Gasteiger partial charge >= 0.3 is 0 Å². The van der Waals surface area contributed by atoms with Gasteiger partial charge in [0.15, 0.2) is 0 Å². The van der Waals surface area contributed by atoms with Gasteiger partial charge in [-0.2, -0.15) is 0 Å². The quantitative estimate of drug-likeness (QED) is 0.836. The predicted molar refractivity (Wildman–Crippen MR) is 62.2 cm³/mol. The zero-order chi connectivity index (χ0) is 10.6. The summed E-state index contributed by atoms with van der Waals surface area (Å²) in [6.45, 7) is 1.33. The molecular weight excluding hydrogens is 314 g/mol. The summed E-state index contributed by atoms with van der Waals surface area (Å²) < 4.78 is 6.78. The summed E-state index contributed by atoms with van der Waals surface area (Å²) in [5, 5.41) is 9.64. The molecule has 0 unspecified atom stereocenters. The van der Waals surface area contributed by atoms with E-state index < -0.39 is 0 Å². The molecule has 14 heavy (non-hydrogen) atoms. The summed E-state index contributed by atoms with van der Waals surface area (Å²) >= 11 is 6.58. The molecule has 1 aromatic carbocycles. The minimum Gasteiger partial charge on any atom is -0.506 e. The van der Waals surface area contributed by atoms with E-state index in [2.05, 4.69) is 31.9 Å². The van der Waals surface area contributed by atoms with E-state index in [-0.39, 0.29) is 5.75 Å². The summed E-state index contributed by atoms with van der Waals surface area (Å²) in [5.74, 6) is 0.213. The Labute approximate surface area is 99.5 Å². The maximum absolute atomic E-state index is 9.64. The van der Waals surface area contributed by atoms with Crippen molar-refractivity contribution in [3.63, 3.8) is 0 Å². The lowest BCUT2D eigenvalue weighted by molar-refractivity contribution is 0.126. The summed E-state index contributed by atoms with van der Waals surface area (Å²) in [5.41, 5.74) is 6.02. The maximum atomic E-state index is 9.64. The SMILES string of the molecule is NCCOCc1cc(Br)cc(Br)c1O. The van der Waals surface area contributed by atoms with Crippen LogP contribution in [0.15, 0.2) is 21.1 Å². The van der Waals surface area contributed by atoms with Crippen molar-refractivity contribution in [1.82, 2.24) is 0 Å². The molecule has 0 aliphatic carbocycles. The van der Waals surface area contributed by atoms with Gasteiger partial charge in [0.1, 0.15) is 5.75 Å². The fourth-order valence-corrected chi connectivity index (χ4v) is 2.31. The van der Waals surface area contributed by atoms with E-state index in [1.165, 1.54) is 0 Å². The van der Waals surface area contributed by atoms with Crippen molar-refractivity contribution < 1.29 is 9.84 Å². The minimum absolute atomic E-state index is 0.213. The van der Waals surface area contributed by atoms with Crippen LogP contribution >= 0.6 is 31.9 Å². The van der Waals surface area contributed by atoms with Crippen LogP contribution in [0.3, 0.4) is 0 Å². The van der Waals surface area contributed by atoms with Crippen LogP contribution in [-0.4, -0.2) is 18.3 Å². The van der Waals surface area contributed by atoms with Gasteiger partial charge in [-0.1, -0.05) is 15.9 Å². The van der Waals surface area contributed by atoms with E-state index in [1.807, 2.05) is 6.07 Å². The molecule has 0 spiro atoms. The largest absolute Gasteiger partial charge is 0.506 e. The molecule has 78 valence electrons. The smallest absolute Gasteiger partial charge is 0.135 e. The zero-order valence-corrected chi connectivity index (χ0v) is 10.6. The average Bonchev–Trinajstić information content (AvgIpc) is 2.13. The molecule has 0 saturated heterocycles. The van der Waals surface area contributed by atoms with Gasteiger partial charge in [0.2, 0.25) is 0 Å². The molecule has 3 nitrogen and oxygen atoms in total. The van der Waals surface area contributed by atoms with Crippen LogP contribution in [0.5, 0.6) is 5.75 Å². The lowest BCUT2D eigenvalue weighted by atomic mass is 10.2. The van der Waals surface area contributed by atoms with E-state index >= 15 is 0 Å². The molecule has 0 atom stereocenters. The van der Waals surface area contributed by atoms with Crippen molar-refractivity contribution in [1.29, 1.82) is 0 Å². The number of aromatic hydroxyl groups is 1. The number of benzene rings is 1. The van der Waals surface area contributed by atoms with Crippen molar-refractivity contribution in [2.24, 2.45) is 5.73 Å². The van der Waals surface area contributed by atoms with E-state index in [9.17, 15) is 5.11 Å². The molecule has 0 amide bonds. The summed E-state index contributed by atoms with van der Waals surface area (Å²) in [6, 6.07) is 3.60. The van der Waals surface area contributed by atoms with Crippen LogP contribution in [0.1, 0.15) is 5.56 Å². The van der Waals surface area contributed by atoms with Gasteiger partial charge in [-0.15, -0.1) is 0 Å². The molecule has 1 rings (SSSR count). The summed E-state index contributed by atoms with van der Waals surface area (Å²) in [6.07, 6.45) is 0. The van der Waals surface area contributed by atoms with Gasteiger partial charge in [0.25, 0.3) is 0 Å². The third-order valence-electron chi connectivity index (χ3n) is 1.63. The van der Waals surface area contributed by atoms with Gasteiger partial charge in [0.05, 0.1) is 17.7 Å². The number of rotatable bonds is 4. The van der Waals surface area contributed by atoms with Gasteiger partial charge in [-0.25, -0.2) is 0 Å². The molecule has 1 aromatic rings. The molecule has 0 aromatic heterocycles. The van der Waals surface area contributed by atoms with Crippen molar-refractivity contribution in [2.75, 3.05) is 13.2 Å². The number of phenolic OH excluding ortho intramolecular Hbond substituents is 1. The highest BCUT2D eigenvalue weighted by atomic mass is 79.9. The van der Waals surface area contributed by atoms with Crippen LogP contribution in [0.4, 0.5) is 0 Å². The van der Waals surface area contributed by atoms with E-state index in [1.54, 1.807) is 6.07 Å². The number of halogens is 2. The van der Waals surface area contributed by atoms with E-state index in [4.69, 9.17) is 10.5 Å². The van der Waals surface area contributed by atoms with Crippen molar-refractivity contribution in [3.05, 3.63) is 26.6 Å². The molecule has 0 aliphatic heterocycles. The minimum atomic E-state index is 0.213. The van der Waals surface area contributed by atoms with Crippen LogP contribution in [0.25, 0.3) is 0 Å². The third-order valence-corrected chi connectivity index (χ3v) is 2.69. The summed E-state index contributed by atoms with van der Waals surface area (Å²) in [4.78, 5) is 0. The first kappa shape index (κ1) is 12.0. The summed E-state index contributed by atoms with van der Waals surface area (Å²) in [7, 11) is 0. The molecule has 0 heterocycles. The Hall–Kier alpha value is -0.100. The lowest BCUT2D eigenvalue weighted by Crippen LogP contribution is -2.08. The van der Waals surface area contributed by atoms with E-state index in [0.717, 1.165) is 10.0 Å². The van der Waals surface area contributed by atoms with Crippen molar-refractivity contribution >= 4 is 31.9 Å². The maximum Gasteiger partial charge on any atom is 0.135 e. The van der Waals surface area contributed by atoms with Crippen LogP contribution < -0.4 is 5.73 Å². The molecule has 3 N–H and O–H groups in total. The Morgan fingerprint density at radius 2 is 2.07 bits per heavy atom. The van der Waals surface area contributed by atoms with Crippen LogP contribution in [-0.2, 0) is 11.3 Å². The standard InChI is InChI=1S/C9H11Br2NO2/c10-7-3-6(5-14-2-1-12)9(13)8(11)4-7/h3-4,13H,1-2,5,12H2. The van der Waals surface area contributed by atoms with Crippen LogP contribution in [0, 0.1) is 0 Å². The highest BCUT2D eigenvalue weighted by Gasteiger charge is 2.06. The molecule has 5 heteroatoms. The Morgan fingerprint density at radius 3 is 2.71 bits per heavy atom. The fraction of sp³-hybridized carbons (Fsp3) is 0.333. The fourth-order valence-electron chi connectivity index (χ4n) is 0.995. The van der Waals surface area contributed by atoms with Gasteiger partial charge in [-0.05, 0) is 28.1 Å². The Morgan fingerprint density at radius 1 is 1.36 bits per heavy atom. The highest BCUT2D eigenvalue weighted by Crippen LogP contribution is 2.31. The molecule has 0 radical (unpaired) electrons. The average molecular weight is 325 g/mol. The monoisotopic (exact) mass is 323 g/mol. The number of hydrogen-bond acceptors (Lipinski definition) is 3. The van der Waals surface area contributed by atoms with Gasteiger partial charge in [0, 0.05) is 16.6 Å². The van der Waals surface area contributed by atoms with Gasteiger partial charge < -0.3 is 15.6 Å². The Balaban J connectivity index is 2.75. The van der Waals surface area contributed by atoms with E-state index in [0.29, 0.717) is 24.2 Å². The first-order valence-electron chi connectivity index (χ1n) is 4.10. The normalized spacial score (nSPS) is 10.5. The number of nitrogens with two attached hydrogens (primary N) is 1. The second kappa shape index (κ2) is 5.70. The molecule has 0 aliphatic rings. The van der Waals surface area contributed by atoms with Gasteiger partial charge in [-0.3, -0.25) is 0 Å². The Bertz CT molecular complexity index is 318. The predicted octanol–water partition coefficient (Wildman–Crippen LogP) is 2.39. The number of phenols is 1. The first-order chi connectivity index (χ1) is 6.65. The second-order valence-electron chi connectivity index (χ2n) is 2.74. The van der Waals surface area contributed by atoms with Crippen molar-refractivity contribution in [3.8, 4) is 5.75 Å². The molecular formula is C9H11Br2NO2. The highest BCUT2D eigenvalue weighted by molar-refractivity contribution is 9.11. The van der Waals surface area contributed by atoms with Crippen LogP contribution in [0.2, 0.25) is 0 Å². The third kappa shape index (κ3) is 3.24. The zero-order valence-electron chi connectivity index (χ0n) is 7.46. The second-order valence-corrected chi connectivity index (χ2v) is 4.51. The molecule has 0 bridgehead atoms. The Kier molecular flexibility index (Phi) is 4.88. The number of hydrogen-bond donors (Lipinski definition) is 2. The first-order valence-corrected chi connectivity index (χ1v) is 5.68. The number of ether oxygens (including phenoxy) is 1. The topological polar surface area (TPSA) is 55.5 Å². The van der Waals surface area contributed by atoms with Crippen molar-refractivity contribution in [2.45, 2.75) is 6.61 Å². The molecule has 0 saturated carbocycles. The lowest BCUT2D eigenvalue weighted by Gasteiger charge is -2.07.